The molecule has 21 heavy (non-hydrogen) atoms. The highest BCUT2D eigenvalue weighted by atomic mass is 32.2. The Bertz CT molecular complexity index is 332. The first-order chi connectivity index (χ1) is 10.3. The third-order valence-corrected chi connectivity index (χ3v) is 6.30. The lowest BCUT2D eigenvalue weighted by atomic mass is 9.96. The average Bonchev–Trinajstić information content (AvgIpc) is 2.57. The molecule has 0 spiro atoms. The SMILES string of the molecule is O=C(NC1CCN(C2CCSCC2)CC1)C1CCCNC1. The van der Waals surface area contributed by atoms with Crippen molar-refractivity contribution in [1.29, 1.82) is 0 Å². The third-order valence-electron chi connectivity index (χ3n) is 5.25. The van der Waals surface area contributed by atoms with Crippen LogP contribution in [-0.2, 0) is 4.79 Å². The Morgan fingerprint density at radius 3 is 2.52 bits per heavy atom. The average molecular weight is 311 g/mol. The molecule has 0 aromatic carbocycles. The third kappa shape index (κ3) is 4.36. The first-order valence-electron chi connectivity index (χ1n) is 8.66. The van der Waals surface area contributed by atoms with Crippen LogP contribution in [0.5, 0.6) is 0 Å². The van der Waals surface area contributed by atoms with Crippen LogP contribution in [0.25, 0.3) is 0 Å². The van der Waals surface area contributed by atoms with Crippen molar-refractivity contribution >= 4 is 17.7 Å². The van der Waals surface area contributed by atoms with Gasteiger partial charge in [0, 0.05) is 31.7 Å². The molecule has 3 fully saturated rings. The molecule has 2 N–H and O–H groups in total. The monoisotopic (exact) mass is 311 g/mol. The molecule has 5 heteroatoms. The Kier molecular flexibility index (Phi) is 5.83. The molecule has 0 aromatic heterocycles. The van der Waals surface area contributed by atoms with Crippen molar-refractivity contribution in [2.45, 2.75) is 50.6 Å². The van der Waals surface area contributed by atoms with E-state index in [0.29, 0.717) is 6.04 Å². The van der Waals surface area contributed by atoms with Crippen LogP contribution in [0, 0.1) is 5.92 Å². The number of carbonyl (C=O) groups is 1. The minimum absolute atomic E-state index is 0.201. The Labute approximate surface area is 132 Å². The molecule has 1 atom stereocenters. The lowest BCUT2D eigenvalue weighted by molar-refractivity contribution is -0.126. The van der Waals surface area contributed by atoms with Gasteiger partial charge in [0.15, 0.2) is 0 Å². The zero-order valence-corrected chi connectivity index (χ0v) is 13.8. The number of hydrogen-bond acceptors (Lipinski definition) is 4. The number of thioether (sulfide) groups is 1. The van der Waals surface area contributed by atoms with Crippen molar-refractivity contribution < 1.29 is 4.79 Å². The number of hydrogen-bond donors (Lipinski definition) is 2. The van der Waals surface area contributed by atoms with E-state index in [1.165, 1.54) is 37.4 Å². The quantitative estimate of drug-likeness (QED) is 0.828. The summed E-state index contributed by atoms with van der Waals surface area (Å²) in [6.07, 6.45) is 7.17. The highest BCUT2D eigenvalue weighted by Gasteiger charge is 2.28. The second-order valence-corrected chi connectivity index (χ2v) is 7.93. The number of amides is 1. The van der Waals surface area contributed by atoms with Gasteiger partial charge >= 0.3 is 0 Å². The topological polar surface area (TPSA) is 44.4 Å². The Hall–Kier alpha value is -0.260. The van der Waals surface area contributed by atoms with Gasteiger partial charge in [-0.15, -0.1) is 0 Å². The van der Waals surface area contributed by atoms with E-state index in [9.17, 15) is 4.79 Å². The molecule has 3 rings (SSSR count). The van der Waals surface area contributed by atoms with Crippen LogP contribution in [0.4, 0.5) is 0 Å². The minimum Gasteiger partial charge on any atom is -0.353 e. The number of piperidine rings is 2. The van der Waals surface area contributed by atoms with Crippen molar-refractivity contribution in [3.8, 4) is 0 Å². The molecule has 3 saturated heterocycles. The van der Waals surface area contributed by atoms with Gasteiger partial charge in [-0.05, 0) is 56.6 Å². The standard InChI is InChI=1S/C16H29N3OS/c20-16(13-2-1-7-17-12-13)18-14-3-8-19(9-4-14)15-5-10-21-11-6-15/h13-15,17H,1-12H2,(H,18,20). The number of nitrogens with one attached hydrogen (secondary N) is 2. The molecule has 3 aliphatic rings. The van der Waals surface area contributed by atoms with Crippen LogP contribution >= 0.6 is 11.8 Å². The fourth-order valence-electron chi connectivity index (χ4n) is 3.85. The molecule has 0 bridgehead atoms. The summed E-state index contributed by atoms with van der Waals surface area (Å²) < 4.78 is 0. The molecule has 0 aliphatic carbocycles. The van der Waals surface area contributed by atoms with E-state index in [4.69, 9.17) is 0 Å². The van der Waals surface area contributed by atoms with Gasteiger partial charge in [0.2, 0.25) is 5.91 Å². The highest BCUT2D eigenvalue weighted by molar-refractivity contribution is 7.99. The molecule has 1 unspecified atom stereocenters. The minimum atomic E-state index is 0.201. The van der Waals surface area contributed by atoms with Gasteiger partial charge in [-0.2, -0.15) is 11.8 Å². The molecule has 0 saturated carbocycles. The fourth-order valence-corrected chi connectivity index (χ4v) is 4.94. The largest absolute Gasteiger partial charge is 0.353 e. The van der Waals surface area contributed by atoms with Crippen molar-refractivity contribution in [1.82, 2.24) is 15.5 Å². The zero-order chi connectivity index (χ0) is 14.5. The molecule has 4 nitrogen and oxygen atoms in total. The van der Waals surface area contributed by atoms with Gasteiger partial charge < -0.3 is 15.5 Å². The molecule has 3 aliphatic heterocycles. The number of rotatable bonds is 3. The number of likely N-dealkylation sites (tertiary alicyclic amines) is 1. The molecule has 0 aromatic rings. The summed E-state index contributed by atoms with van der Waals surface area (Å²) in [5.41, 5.74) is 0. The van der Waals surface area contributed by atoms with E-state index in [1.807, 2.05) is 0 Å². The maximum atomic E-state index is 12.3. The van der Waals surface area contributed by atoms with Crippen LogP contribution < -0.4 is 10.6 Å². The lowest BCUT2D eigenvalue weighted by Gasteiger charge is -2.39. The second-order valence-electron chi connectivity index (χ2n) is 6.71. The summed E-state index contributed by atoms with van der Waals surface area (Å²) in [5, 5.41) is 6.63. The van der Waals surface area contributed by atoms with Crippen molar-refractivity contribution in [3.63, 3.8) is 0 Å². The summed E-state index contributed by atoms with van der Waals surface area (Å²) in [7, 11) is 0. The van der Waals surface area contributed by atoms with Crippen LogP contribution in [0.15, 0.2) is 0 Å². The van der Waals surface area contributed by atoms with E-state index >= 15 is 0 Å². The maximum absolute atomic E-state index is 12.3. The van der Waals surface area contributed by atoms with Crippen molar-refractivity contribution in [3.05, 3.63) is 0 Å². The van der Waals surface area contributed by atoms with Gasteiger partial charge in [-0.25, -0.2) is 0 Å². The van der Waals surface area contributed by atoms with Crippen LogP contribution in [0.1, 0.15) is 38.5 Å². The zero-order valence-electron chi connectivity index (χ0n) is 13.0. The molecule has 3 heterocycles. The van der Waals surface area contributed by atoms with Gasteiger partial charge in [-0.3, -0.25) is 4.79 Å². The van der Waals surface area contributed by atoms with E-state index in [1.54, 1.807) is 0 Å². The second kappa shape index (κ2) is 7.84. The lowest BCUT2D eigenvalue weighted by Crippen LogP contribution is -2.51. The Morgan fingerprint density at radius 1 is 1.10 bits per heavy atom. The van der Waals surface area contributed by atoms with Gasteiger partial charge in [0.05, 0.1) is 5.92 Å². The van der Waals surface area contributed by atoms with E-state index < -0.39 is 0 Å². The first kappa shape index (κ1) is 15.6. The summed E-state index contributed by atoms with van der Waals surface area (Å²) in [4.78, 5) is 15.0. The fraction of sp³-hybridized carbons (Fsp3) is 0.938. The van der Waals surface area contributed by atoms with E-state index in [-0.39, 0.29) is 11.8 Å². The Balaban J connectivity index is 1.39. The van der Waals surface area contributed by atoms with Crippen LogP contribution in [-0.4, -0.2) is 60.6 Å². The smallest absolute Gasteiger partial charge is 0.224 e. The summed E-state index contributed by atoms with van der Waals surface area (Å²) in [5.74, 6) is 3.15. The molecule has 0 radical (unpaired) electrons. The van der Waals surface area contributed by atoms with Gasteiger partial charge in [0.25, 0.3) is 0 Å². The summed E-state index contributed by atoms with van der Waals surface area (Å²) >= 11 is 2.10. The molecular weight excluding hydrogens is 282 g/mol. The predicted molar refractivity (Wildman–Crippen MR) is 88.7 cm³/mol. The van der Waals surface area contributed by atoms with E-state index in [0.717, 1.165) is 44.8 Å². The molecular formula is C16H29N3OS. The van der Waals surface area contributed by atoms with Crippen LogP contribution in [0.3, 0.4) is 0 Å². The van der Waals surface area contributed by atoms with Crippen LogP contribution in [0.2, 0.25) is 0 Å². The van der Waals surface area contributed by atoms with Gasteiger partial charge in [-0.1, -0.05) is 0 Å². The van der Waals surface area contributed by atoms with Gasteiger partial charge in [0.1, 0.15) is 0 Å². The predicted octanol–water partition coefficient (Wildman–Crippen LogP) is 1.46. The van der Waals surface area contributed by atoms with Crippen molar-refractivity contribution in [2.75, 3.05) is 37.7 Å². The normalized spacial score (nSPS) is 30.2. The summed E-state index contributed by atoms with van der Waals surface area (Å²) in [6, 6.07) is 1.22. The Morgan fingerprint density at radius 2 is 1.86 bits per heavy atom. The summed E-state index contributed by atoms with van der Waals surface area (Å²) in [6.45, 7) is 4.28. The number of carbonyl (C=O) groups excluding carboxylic acids is 1. The number of nitrogens with zero attached hydrogens (tertiary/aromatic N) is 1. The first-order valence-corrected chi connectivity index (χ1v) is 9.81. The highest BCUT2D eigenvalue weighted by Crippen LogP contribution is 2.24. The molecule has 1 amide bonds. The van der Waals surface area contributed by atoms with E-state index in [2.05, 4.69) is 27.3 Å². The van der Waals surface area contributed by atoms with Crippen molar-refractivity contribution in [2.24, 2.45) is 5.92 Å². The maximum Gasteiger partial charge on any atom is 0.224 e. The molecule has 120 valence electrons.